The molecule has 1 aliphatic heterocycles. The second-order valence-corrected chi connectivity index (χ2v) is 9.88. The third-order valence-electron chi connectivity index (χ3n) is 7.17. The average molecular weight is 522 g/mol. The Labute approximate surface area is 227 Å². The number of benzene rings is 3. The molecular weight excluding hydrogens is 494 g/mol. The van der Waals surface area contributed by atoms with Crippen molar-refractivity contribution < 1.29 is 4.79 Å². The molecular formula is C31H28ClN5O. The van der Waals surface area contributed by atoms with Crippen molar-refractivity contribution in [3.05, 3.63) is 130 Å². The van der Waals surface area contributed by atoms with E-state index in [9.17, 15) is 4.79 Å². The van der Waals surface area contributed by atoms with Crippen LogP contribution in [0.4, 0.5) is 10.5 Å². The Balaban J connectivity index is 1.53. The van der Waals surface area contributed by atoms with Crippen molar-refractivity contribution in [2.75, 3.05) is 5.32 Å². The third-order valence-corrected chi connectivity index (χ3v) is 7.50. The lowest BCUT2D eigenvalue weighted by molar-refractivity contribution is 0.194. The average Bonchev–Trinajstić information content (AvgIpc) is 3.51. The van der Waals surface area contributed by atoms with Gasteiger partial charge in [0.1, 0.15) is 5.82 Å². The quantitative estimate of drug-likeness (QED) is 0.269. The van der Waals surface area contributed by atoms with Crippen LogP contribution in [-0.4, -0.2) is 25.3 Å². The van der Waals surface area contributed by atoms with Gasteiger partial charge in [-0.1, -0.05) is 73.1 Å². The van der Waals surface area contributed by atoms with E-state index in [1.54, 1.807) is 6.07 Å². The van der Waals surface area contributed by atoms with Gasteiger partial charge >= 0.3 is 6.03 Å². The Kier molecular flexibility index (Phi) is 6.26. The molecule has 0 saturated carbocycles. The van der Waals surface area contributed by atoms with Gasteiger partial charge in [-0.15, -0.1) is 0 Å². The molecule has 3 aromatic carbocycles. The lowest BCUT2D eigenvalue weighted by Crippen LogP contribution is -2.38. The van der Waals surface area contributed by atoms with E-state index < -0.39 is 0 Å². The van der Waals surface area contributed by atoms with E-state index in [1.165, 1.54) is 5.56 Å². The van der Waals surface area contributed by atoms with Gasteiger partial charge in [0.2, 0.25) is 0 Å². The summed E-state index contributed by atoms with van der Waals surface area (Å²) in [7, 11) is 0. The second-order valence-electron chi connectivity index (χ2n) is 9.47. The molecule has 1 N–H and O–H groups in total. The standard InChI is InChI=1S/C31H28ClN5O/c1-3-22-15-17-23(18-16-22)29-28-14-9-19-35(28)30-25(21(2)34-37(30)24-10-5-4-6-11-24)20-36(29)31(38)33-27-13-8-7-12-26(27)32/h4-19,29H,3,20H2,1-2H3,(H,33,38). The smallest absolute Gasteiger partial charge is 0.307 e. The summed E-state index contributed by atoms with van der Waals surface area (Å²) in [5.41, 5.74) is 6.70. The second kappa shape index (κ2) is 9.88. The van der Waals surface area contributed by atoms with E-state index in [4.69, 9.17) is 16.7 Å². The maximum absolute atomic E-state index is 14.0. The zero-order chi connectivity index (χ0) is 26.2. The number of para-hydroxylation sites is 2. The molecule has 0 spiro atoms. The minimum absolute atomic E-state index is 0.227. The summed E-state index contributed by atoms with van der Waals surface area (Å²) in [4.78, 5) is 15.9. The van der Waals surface area contributed by atoms with Crippen LogP contribution >= 0.6 is 11.6 Å². The fourth-order valence-corrected chi connectivity index (χ4v) is 5.37. The summed E-state index contributed by atoms with van der Waals surface area (Å²) >= 11 is 6.42. The van der Waals surface area contributed by atoms with Crippen LogP contribution in [0, 0.1) is 6.92 Å². The number of anilines is 1. The molecule has 0 bridgehead atoms. The number of carbonyl (C=O) groups is 1. The zero-order valence-electron chi connectivity index (χ0n) is 21.3. The van der Waals surface area contributed by atoms with Crippen LogP contribution in [0.2, 0.25) is 5.02 Å². The number of carbonyl (C=O) groups excluding carboxylic acids is 1. The summed E-state index contributed by atoms with van der Waals surface area (Å²) in [6.07, 6.45) is 3.01. The summed E-state index contributed by atoms with van der Waals surface area (Å²) in [5.74, 6) is 0.942. The lowest BCUT2D eigenvalue weighted by atomic mass is 9.99. The normalized spacial score (nSPS) is 14.5. The minimum atomic E-state index is -0.325. The number of aromatic nitrogens is 3. The molecule has 38 heavy (non-hydrogen) atoms. The van der Waals surface area contributed by atoms with Crippen molar-refractivity contribution in [2.45, 2.75) is 32.9 Å². The van der Waals surface area contributed by atoms with E-state index >= 15 is 0 Å². The molecule has 6 rings (SSSR count). The van der Waals surface area contributed by atoms with Crippen LogP contribution in [0.15, 0.2) is 97.2 Å². The van der Waals surface area contributed by atoms with Gasteiger partial charge in [-0.2, -0.15) is 5.10 Å². The highest BCUT2D eigenvalue weighted by molar-refractivity contribution is 6.33. The first kappa shape index (κ1) is 24.1. The monoisotopic (exact) mass is 521 g/mol. The maximum atomic E-state index is 14.0. The fraction of sp³-hybridized carbons (Fsp3) is 0.161. The van der Waals surface area contributed by atoms with Gasteiger partial charge in [-0.3, -0.25) is 0 Å². The number of aryl methyl sites for hydroxylation is 2. The number of hydrogen-bond donors (Lipinski definition) is 1. The van der Waals surface area contributed by atoms with Crippen LogP contribution in [0.25, 0.3) is 11.5 Å². The van der Waals surface area contributed by atoms with Gasteiger partial charge in [-0.05, 0) is 60.9 Å². The molecule has 0 aliphatic carbocycles. The number of halogens is 1. The van der Waals surface area contributed by atoms with Crippen molar-refractivity contribution in [1.29, 1.82) is 0 Å². The van der Waals surface area contributed by atoms with E-state index in [1.807, 2.05) is 71.1 Å². The number of nitrogens with zero attached hydrogens (tertiary/aromatic N) is 4. The molecule has 2 amide bonds. The summed E-state index contributed by atoms with van der Waals surface area (Å²) in [6.45, 7) is 4.53. The number of urea groups is 1. The molecule has 6 nitrogen and oxygen atoms in total. The highest BCUT2D eigenvalue weighted by Crippen LogP contribution is 2.39. The van der Waals surface area contributed by atoms with Gasteiger partial charge in [0.25, 0.3) is 0 Å². The summed E-state index contributed by atoms with van der Waals surface area (Å²) < 4.78 is 4.14. The number of nitrogens with one attached hydrogen (secondary N) is 1. The Bertz CT molecular complexity index is 1600. The van der Waals surface area contributed by atoms with Gasteiger partial charge in [0, 0.05) is 11.8 Å². The van der Waals surface area contributed by atoms with Crippen molar-refractivity contribution >= 4 is 23.3 Å². The Morgan fingerprint density at radius 2 is 1.71 bits per heavy atom. The minimum Gasteiger partial charge on any atom is -0.307 e. The summed E-state index contributed by atoms with van der Waals surface area (Å²) in [5, 5.41) is 8.47. The number of amides is 2. The van der Waals surface area contributed by atoms with E-state index in [0.717, 1.165) is 40.4 Å². The maximum Gasteiger partial charge on any atom is 0.323 e. The molecule has 2 aromatic heterocycles. The molecule has 1 unspecified atom stereocenters. The Morgan fingerprint density at radius 1 is 0.974 bits per heavy atom. The number of rotatable bonds is 4. The molecule has 5 aromatic rings. The highest BCUT2D eigenvalue weighted by Gasteiger charge is 2.36. The Morgan fingerprint density at radius 3 is 2.45 bits per heavy atom. The zero-order valence-corrected chi connectivity index (χ0v) is 22.1. The van der Waals surface area contributed by atoms with Crippen molar-refractivity contribution in [1.82, 2.24) is 19.2 Å². The van der Waals surface area contributed by atoms with E-state index in [0.29, 0.717) is 17.3 Å². The van der Waals surface area contributed by atoms with Crippen molar-refractivity contribution in [3.63, 3.8) is 0 Å². The number of hydrogen-bond acceptors (Lipinski definition) is 2. The molecule has 7 heteroatoms. The molecule has 1 aliphatic rings. The van der Waals surface area contributed by atoms with Gasteiger partial charge in [-0.25, -0.2) is 9.48 Å². The van der Waals surface area contributed by atoms with Crippen molar-refractivity contribution in [2.24, 2.45) is 0 Å². The van der Waals surface area contributed by atoms with Crippen LogP contribution in [-0.2, 0) is 13.0 Å². The fourth-order valence-electron chi connectivity index (χ4n) is 5.19. The largest absolute Gasteiger partial charge is 0.323 e. The highest BCUT2D eigenvalue weighted by atomic mass is 35.5. The van der Waals surface area contributed by atoms with Gasteiger partial charge < -0.3 is 14.8 Å². The van der Waals surface area contributed by atoms with Crippen LogP contribution in [0.3, 0.4) is 0 Å². The van der Waals surface area contributed by atoms with E-state index in [2.05, 4.69) is 53.3 Å². The summed E-state index contributed by atoms with van der Waals surface area (Å²) in [6, 6.07) is 29.5. The molecule has 0 fully saturated rings. The predicted octanol–water partition coefficient (Wildman–Crippen LogP) is 7.32. The van der Waals surface area contributed by atoms with Crippen LogP contribution < -0.4 is 5.32 Å². The third kappa shape index (κ3) is 4.17. The predicted molar refractivity (Wildman–Crippen MR) is 151 cm³/mol. The first-order valence-corrected chi connectivity index (χ1v) is 13.2. The van der Waals surface area contributed by atoms with Crippen LogP contribution in [0.1, 0.15) is 41.0 Å². The SMILES string of the molecule is CCc1ccc(C2c3cccn3-c3c(c(C)nn3-c3ccccc3)CN2C(=O)Nc2ccccc2Cl)cc1. The van der Waals surface area contributed by atoms with Gasteiger partial charge in [0.15, 0.2) is 0 Å². The van der Waals surface area contributed by atoms with Crippen molar-refractivity contribution in [3.8, 4) is 11.5 Å². The van der Waals surface area contributed by atoms with E-state index in [-0.39, 0.29) is 12.1 Å². The molecule has 3 heterocycles. The first-order valence-electron chi connectivity index (χ1n) is 12.8. The number of fused-ring (bicyclic) bond motifs is 3. The van der Waals surface area contributed by atoms with Gasteiger partial charge in [0.05, 0.1) is 40.4 Å². The van der Waals surface area contributed by atoms with Crippen LogP contribution in [0.5, 0.6) is 0 Å². The Hall–Kier alpha value is -4.29. The molecule has 1 atom stereocenters. The molecule has 0 radical (unpaired) electrons. The molecule has 190 valence electrons. The topological polar surface area (TPSA) is 55.1 Å². The first-order chi connectivity index (χ1) is 18.5. The molecule has 0 saturated heterocycles. The lowest BCUT2D eigenvalue weighted by Gasteiger charge is -2.31.